The van der Waals surface area contributed by atoms with Gasteiger partial charge in [-0.3, -0.25) is 4.79 Å². The van der Waals surface area contributed by atoms with Gasteiger partial charge in [-0.05, 0) is 32.8 Å². The topological polar surface area (TPSA) is 40.5 Å². The molecule has 0 aromatic heterocycles. The molecule has 124 valence electrons. The van der Waals surface area contributed by atoms with E-state index in [9.17, 15) is 9.35 Å². The Kier molecular flexibility index (Phi) is 4.45. The van der Waals surface area contributed by atoms with Crippen LogP contribution >= 0.6 is 18.2 Å². The number of carbonyl (C=O) groups is 1. The van der Waals surface area contributed by atoms with Crippen LogP contribution in [0.3, 0.4) is 0 Å². The van der Waals surface area contributed by atoms with Crippen LogP contribution in [-0.2, 0) is 0 Å². The SMILES string of the molecule is CN1C(=O)S(O)(CP(C(C)(C)C)C(C)(C)C)c2ccccc21. The van der Waals surface area contributed by atoms with Gasteiger partial charge in [-0.2, -0.15) is 0 Å². The molecule has 0 fully saturated rings. The number of anilines is 1. The van der Waals surface area contributed by atoms with Gasteiger partial charge >= 0.3 is 0 Å². The lowest BCUT2D eigenvalue weighted by atomic mass is 10.2. The molecule has 1 unspecified atom stereocenters. The maximum Gasteiger partial charge on any atom is 0.295 e. The molecule has 1 aromatic rings. The van der Waals surface area contributed by atoms with Gasteiger partial charge in [-0.1, -0.05) is 61.6 Å². The maximum absolute atomic E-state index is 12.8. The molecule has 2 rings (SSSR count). The number of benzene rings is 1. The van der Waals surface area contributed by atoms with Crippen molar-refractivity contribution in [3.8, 4) is 0 Å². The minimum atomic E-state index is -2.44. The molecule has 0 radical (unpaired) electrons. The molecule has 1 aromatic carbocycles. The van der Waals surface area contributed by atoms with Crippen LogP contribution in [0.1, 0.15) is 41.5 Å². The molecule has 0 aliphatic carbocycles. The Morgan fingerprint density at radius 1 is 1.09 bits per heavy atom. The van der Waals surface area contributed by atoms with E-state index in [1.807, 2.05) is 24.3 Å². The van der Waals surface area contributed by atoms with Gasteiger partial charge in [-0.25, -0.2) is 0 Å². The number of rotatable bonds is 2. The van der Waals surface area contributed by atoms with E-state index in [4.69, 9.17) is 0 Å². The van der Waals surface area contributed by atoms with E-state index < -0.39 is 18.2 Å². The standard InChI is InChI=1S/C17H28NO2PS/c1-16(2,3)21(17(4,5)6)12-22(20)14-11-9-8-10-13(14)18(7)15(22)19/h8-11,20H,12H2,1-7H3. The number of amides is 1. The number of fused-ring (bicyclic) bond motifs is 1. The Morgan fingerprint density at radius 3 is 2.09 bits per heavy atom. The van der Waals surface area contributed by atoms with E-state index >= 15 is 0 Å². The molecule has 1 N–H and O–H groups in total. The van der Waals surface area contributed by atoms with Gasteiger partial charge < -0.3 is 9.45 Å². The first-order valence-corrected chi connectivity index (χ1v) is 10.9. The summed E-state index contributed by atoms with van der Waals surface area (Å²) in [6.07, 6.45) is 0. The Hall–Kier alpha value is -0.570. The molecule has 1 heterocycles. The lowest BCUT2D eigenvalue weighted by molar-refractivity contribution is 0.264. The molecule has 1 amide bonds. The molecule has 0 saturated carbocycles. The van der Waals surface area contributed by atoms with E-state index in [0.717, 1.165) is 10.6 Å². The van der Waals surface area contributed by atoms with Crippen molar-refractivity contribution in [2.24, 2.45) is 0 Å². The van der Waals surface area contributed by atoms with E-state index in [2.05, 4.69) is 41.5 Å². The molecule has 0 spiro atoms. The molecule has 1 aliphatic heterocycles. The highest BCUT2D eigenvalue weighted by atomic mass is 32.3. The third kappa shape index (κ3) is 2.93. The number of carbonyl (C=O) groups excluding carboxylic acids is 1. The minimum Gasteiger partial charge on any atom is -0.338 e. The number of hydrogen-bond acceptors (Lipinski definition) is 2. The van der Waals surface area contributed by atoms with Crippen LogP contribution in [0.5, 0.6) is 0 Å². The van der Waals surface area contributed by atoms with E-state index in [1.54, 1.807) is 11.9 Å². The summed E-state index contributed by atoms with van der Waals surface area (Å²) in [7, 11) is -1.21. The quantitative estimate of drug-likeness (QED) is 0.677. The Morgan fingerprint density at radius 2 is 1.59 bits per heavy atom. The fourth-order valence-corrected chi connectivity index (χ4v) is 12.3. The highest BCUT2D eigenvalue weighted by Crippen LogP contribution is 2.73. The first-order chi connectivity index (χ1) is 9.89. The highest BCUT2D eigenvalue weighted by molar-refractivity contribution is 8.44. The molecular weight excluding hydrogens is 313 g/mol. The smallest absolute Gasteiger partial charge is 0.295 e. The lowest BCUT2D eigenvalue weighted by Crippen LogP contribution is -2.30. The largest absolute Gasteiger partial charge is 0.338 e. The van der Waals surface area contributed by atoms with Gasteiger partial charge in [0.05, 0.1) is 5.69 Å². The third-order valence-corrected chi connectivity index (χ3v) is 11.8. The van der Waals surface area contributed by atoms with Crippen molar-refractivity contribution < 1.29 is 9.35 Å². The van der Waals surface area contributed by atoms with Crippen LogP contribution in [0.4, 0.5) is 10.5 Å². The molecule has 1 aliphatic rings. The number of nitrogens with zero attached hydrogens (tertiary/aromatic N) is 1. The predicted octanol–water partition coefficient (Wildman–Crippen LogP) is 5.93. The second kappa shape index (κ2) is 5.51. The molecule has 0 saturated heterocycles. The predicted molar refractivity (Wildman–Crippen MR) is 100 cm³/mol. The zero-order valence-corrected chi connectivity index (χ0v) is 16.4. The van der Waals surface area contributed by atoms with Crippen molar-refractivity contribution in [1.82, 2.24) is 0 Å². The van der Waals surface area contributed by atoms with Crippen LogP contribution < -0.4 is 4.90 Å². The van der Waals surface area contributed by atoms with Gasteiger partial charge in [0, 0.05) is 17.4 Å². The van der Waals surface area contributed by atoms with Crippen LogP contribution in [0.25, 0.3) is 0 Å². The van der Waals surface area contributed by atoms with Gasteiger partial charge in [0.25, 0.3) is 5.24 Å². The summed E-state index contributed by atoms with van der Waals surface area (Å²) in [6, 6.07) is 7.68. The van der Waals surface area contributed by atoms with E-state index in [1.165, 1.54) is 0 Å². The molecule has 3 nitrogen and oxygen atoms in total. The second-order valence-corrected chi connectivity index (χ2v) is 14.7. The van der Waals surface area contributed by atoms with Gasteiger partial charge in [0.15, 0.2) is 0 Å². The maximum atomic E-state index is 12.8. The minimum absolute atomic E-state index is 0.0900. The van der Waals surface area contributed by atoms with E-state index in [0.29, 0.717) is 5.49 Å². The van der Waals surface area contributed by atoms with Gasteiger partial charge in [0.2, 0.25) is 0 Å². The van der Waals surface area contributed by atoms with E-state index in [-0.39, 0.29) is 15.6 Å². The summed E-state index contributed by atoms with van der Waals surface area (Å²) in [4.78, 5) is 15.3. The van der Waals surface area contributed by atoms with Crippen LogP contribution in [0.15, 0.2) is 29.2 Å². The van der Waals surface area contributed by atoms with Crippen molar-refractivity contribution >= 4 is 29.2 Å². The zero-order valence-electron chi connectivity index (χ0n) is 14.7. The number of para-hydroxylation sites is 1. The van der Waals surface area contributed by atoms with Gasteiger partial charge in [0.1, 0.15) is 0 Å². The van der Waals surface area contributed by atoms with Gasteiger partial charge in [-0.15, -0.1) is 0 Å². The van der Waals surface area contributed by atoms with Crippen LogP contribution in [0, 0.1) is 0 Å². The number of hydrogen-bond donors (Lipinski definition) is 1. The summed E-state index contributed by atoms with van der Waals surface area (Å²) in [5.41, 5.74) is 1.46. The van der Waals surface area contributed by atoms with Crippen molar-refractivity contribution in [2.75, 3.05) is 17.4 Å². The normalized spacial score (nSPS) is 25.3. The molecule has 5 heteroatoms. The Labute approximate surface area is 137 Å². The highest BCUT2D eigenvalue weighted by Gasteiger charge is 2.48. The second-order valence-electron chi connectivity index (χ2n) is 7.89. The average molecular weight is 341 g/mol. The summed E-state index contributed by atoms with van der Waals surface area (Å²) >= 11 is 0. The molecule has 0 bridgehead atoms. The summed E-state index contributed by atoms with van der Waals surface area (Å²) in [5.74, 6) is 0. The molecule has 1 atom stereocenters. The Bertz CT molecular complexity index is 577. The van der Waals surface area contributed by atoms with Crippen LogP contribution in [-0.4, -0.2) is 32.6 Å². The van der Waals surface area contributed by atoms with Crippen LogP contribution in [0.2, 0.25) is 0 Å². The summed E-state index contributed by atoms with van der Waals surface area (Å²) in [5, 5.41) is 0.0639. The third-order valence-electron chi connectivity index (χ3n) is 4.09. The van der Waals surface area contributed by atoms with Crippen molar-refractivity contribution in [3.63, 3.8) is 0 Å². The molecule has 22 heavy (non-hydrogen) atoms. The molecular formula is C17H28NO2PS. The zero-order chi connectivity index (χ0) is 16.9. The first kappa shape index (κ1) is 17.8. The monoisotopic (exact) mass is 341 g/mol. The Balaban J connectivity index is 2.49. The lowest BCUT2D eigenvalue weighted by Gasteiger charge is -2.45. The van der Waals surface area contributed by atoms with Crippen molar-refractivity contribution in [2.45, 2.75) is 56.8 Å². The fourth-order valence-electron chi connectivity index (χ4n) is 3.14. The summed E-state index contributed by atoms with van der Waals surface area (Å²) in [6.45, 7) is 13.3. The summed E-state index contributed by atoms with van der Waals surface area (Å²) < 4.78 is 11.4. The average Bonchev–Trinajstić information content (AvgIpc) is 2.57. The fraction of sp³-hybridized carbons (Fsp3) is 0.588. The van der Waals surface area contributed by atoms with Crippen molar-refractivity contribution in [3.05, 3.63) is 24.3 Å². The first-order valence-electron chi connectivity index (χ1n) is 7.57. The van der Waals surface area contributed by atoms with Crippen molar-refractivity contribution in [1.29, 1.82) is 0 Å².